The van der Waals surface area contributed by atoms with Gasteiger partial charge in [0, 0.05) is 6.54 Å². The van der Waals surface area contributed by atoms with E-state index in [1.54, 1.807) is 0 Å². The second kappa shape index (κ2) is 17.0. The van der Waals surface area contributed by atoms with Gasteiger partial charge in [0.1, 0.15) is 0 Å². The Morgan fingerprint density at radius 3 is 1.75 bits per heavy atom. The third-order valence-corrected chi connectivity index (χ3v) is 3.98. The second-order valence-corrected chi connectivity index (χ2v) is 6.18. The highest BCUT2D eigenvalue weighted by Crippen LogP contribution is 2.10. The van der Waals surface area contributed by atoms with Crippen LogP contribution in [0.25, 0.3) is 0 Å². The Kier molecular flexibility index (Phi) is 16.9. The molecule has 0 amide bonds. The molecule has 0 saturated carbocycles. The van der Waals surface area contributed by atoms with E-state index < -0.39 is 0 Å². The quantitative estimate of drug-likeness (QED) is 0.389. The standard InChI is InChI=1S/C18H39NO/c1-3-5-7-8-9-10-11-12-13-14-16-19-17-18(20)15-6-4-2/h18-20H,3-17H2,1-2H3. The Morgan fingerprint density at radius 1 is 0.700 bits per heavy atom. The molecule has 0 aromatic carbocycles. The van der Waals surface area contributed by atoms with Crippen molar-refractivity contribution in [2.45, 2.75) is 103 Å². The minimum absolute atomic E-state index is 0.141. The first-order valence-electron chi connectivity index (χ1n) is 9.20. The number of nitrogens with one attached hydrogen (secondary N) is 1. The van der Waals surface area contributed by atoms with Crippen molar-refractivity contribution >= 4 is 0 Å². The lowest BCUT2D eigenvalue weighted by Gasteiger charge is -2.11. The van der Waals surface area contributed by atoms with E-state index in [0.29, 0.717) is 0 Å². The van der Waals surface area contributed by atoms with E-state index in [9.17, 15) is 5.11 Å². The maximum atomic E-state index is 9.68. The first-order chi connectivity index (χ1) is 9.81. The van der Waals surface area contributed by atoms with Gasteiger partial charge in [0.15, 0.2) is 0 Å². The van der Waals surface area contributed by atoms with Gasteiger partial charge in [-0.25, -0.2) is 0 Å². The van der Waals surface area contributed by atoms with Crippen molar-refractivity contribution in [1.82, 2.24) is 5.32 Å². The fraction of sp³-hybridized carbons (Fsp3) is 1.00. The van der Waals surface area contributed by atoms with Crippen molar-refractivity contribution in [2.24, 2.45) is 0 Å². The van der Waals surface area contributed by atoms with Gasteiger partial charge in [-0.1, -0.05) is 84.5 Å². The van der Waals surface area contributed by atoms with Crippen molar-refractivity contribution in [2.75, 3.05) is 13.1 Å². The molecule has 0 aliphatic carbocycles. The van der Waals surface area contributed by atoms with Crippen LogP contribution in [0.4, 0.5) is 0 Å². The fourth-order valence-corrected chi connectivity index (χ4v) is 2.55. The fourth-order valence-electron chi connectivity index (χ4n) is 2.55. The third kappa shape index (κ3) is 16.0. The molecule has 1 atom stereocenters. The normalized spacial score (nSPS) is 12.8. The van der Waals surface area contributed by atoms with Crippen LogP contribution < -0.4 is 5.32 Å². The average molecular weight is 286 g/mol. The zero-order chi connectivity index (χ0) is 14.9. The zero-order valence-electron chi connectivity index (χ0n) is 14.1. The summed E-state index contributed by atoms with van der Waals surface area (Å²) in [7, 11) is 0. The molecule has 1 unspecified atom stereocenters. The lowest BCUT2D eigenvalue weighted by molar-refractivity contribution is 0.158. The van der Waals surface area contributed by atoms with Crippen LogP contribution in [0.1, 0.15) is 97.3 Å². The lowest BCUT2D eigenvalue weighted by Crippen LogP contribution is -2.27. The van der Waals surface area contributed by atoms with E-state index in [2.05, 4.69) is 19.2 Å². The molecule has 0 fully saturated rings. The number of unbranched alkanes of at least 4 members (excludes halogenated alkanes) is 10. The highest BCUT2D eigenvalue weighted by molar-refractivity contribution is 4.59. The molecule has 122 valence electrons. The molecule has 0 spiro atoms. The molecule has 0 rings (SSSR count). The van der Waals surface area contributed by atoms with Crippen molar-refractivity contribution in [3.05, 3.63) is 0 Å². The Labute approximate surface area is 127 Å². The summed E-state index contributed by atoms with van der Waals surface area (Å²) in [5.41, 5.74) is 0. The SMILES string of the molecule is CCCCCCCCCCCCNCC(O)CCCC. The number of rotatable bonds is 16. The number of aliphatic hydroxyl groups is 1. The van der Waals surface area contributed by atoms with Crippen LogP contribution in [-0.2, 0) is 0 Å². The predicted octanol–water partition coefficient (Wildman–Crippen LogP) is 5.05. The van der Waals surface area contributed by atoms with Gasteiger partial charge in [0.2, 0.25) is 0 Å². The molecule has 0 heterocycles. The molecular weight excluding hydrogens is 246 g/mol. The molecule has 20 heavy (non-hydrogen) atoms. The molecule has 0 radical (unpaired) electrons. The summed E-state index contributed by atoms with van der Waals surface area (Å²) >= 11 is 0. The molecule has 0 aliphatic rings. The van der Waals surface area contributed by atoms with E-state index in [-0.39, 0.29) is 6.10 Å². The van der Waals surface area contributed by atoms with Gasteiger partial charge in [-0.15, -0.1) is 0 Å². The van der Waals surface area contributed by atoms with Crippen molar-refractivity contribution in [3.63, 3.8) is 0 Å². The summed E-state index contributed by atoms with van der Waals surface area (Å²) in [6, 6.07) is 0. The van der Waals surface area contributed by atoms with Gasteiger partial charge >= 0.3 is 0 Å². The van der Waals surface area contributed by atoms with Crippen LogP contribution in [0.3, 0.4) is 0 Å². The molecule has 2 nitrogen and oxygen atoms in total. The van der Waals surface area contributed by atoms with E-state index >= 15 is 0 Å². The number of aliphatic hydroxyl groups excluding tert-OH is 1. The lowest BCUT2D eigenvalue weighted by atomic mass is 10.1. The highest BCUT2D eigenvalue weighted by atomic mass is 16.3. The molecule has 0 aliphatic heterocycles. The molecule has 0 saturated heterocycles. The molecule has 0 aromatic rings. The van der Waals surface area contributed by atoms with Crippen molar-refractivity contribution in [3.8, 4) is 0 Å². The second-order valence-electron chi connectivity index (χ2n) is 6.18. The highest BCUT2D eigenvalue weighted by Gasteiger charge is 2.01. The van der Waals surface area contributed by atoms with Crippen molar-refractivity contribution in [1.29, 1.82) is 0 Å². The number of hydrogen-bond acceptors (Lipinski definition) is 2. The summed E-state index contributed by atoms with van der Waals surface area (Å²) in [4.78, 5) is 0. The zero-order valence-corrected chi connectivity index (χ0v) is 14.1. The monoisotopic (exact) mass is 285 g/mol. The Balaban J connectivity index is 3.02. The summed E-state index contributed by atoms with van der Waals surface area (Å²) < 4.78 is 0. The predicted molar refractivity (Wildman–Crippen MR) is 90.2 cm³/mol. The maximum Gasteiger partial charge on any atom is 0.0664 e. The molecule has 2 heteroatoms. The van der Waals surface area contributed by atoms with E-state index in [0.717, 1.165) is 25.9 Å². The average Bonchev–Trinajstić information content (AvgIpc) is 2.46. The van der Waals surface area contributed by atoms with E-state index in [1.165, 1.54) is 70.6 Å². The smallest absolute Gasteiger partial charge is 0.0664 e. The van der Waals surface area contributed by atoms with Crippen LogP contribution in [0.15, 0.2) is 0 Å². The largest absolute Gasteiger partial charge is 0.392 e. The Bertz CT molecular complexity index is 173. The number of hydrogen-bond donors (Lipinski definition) is 2. The van der Waals surface area contributed by atoms with Gasteiger partial charge in [-0.3, -0.25) is 0 Å². The topological polar surface area (TPSA) is 32.3 Å². The first kappa shape index (κ1) is 19.9. The van der Waals surface area contributed by atoms with Crippen LogP contribution in [0, 0.1) is 0 Å². The Hall–Kier alpha value is -0.0800. The van der Waals surface area contributed by atoms with Gasteiger partial charge < -0.3 is 10.4 Å². The molecule has 0 bridgehead atoms. The van der Waals surface area contributed by atoms with E-state index in [4.69, 9.17) is 0 Å². The van der Waals surface area contributed by atoms with Crippen LogP contribution in [-0.4, -0.2) is 24.3 Å². The van der Waals surface area contributed by atoms with Gasteiger partial charge in [-0.2, -0.15) is 0 Å². The van der Waals surface area contributed by atoms with Gasteiger partial charge in [-0.05, 0) is 19.4 Å². The Morgan fingerprint density at radius 2 is 1.20 bits per heavy atom. The third-order valence-electron chi connectivity index (χ3n) is 3.98. The van der Waals surface area contributed by atoms with Crippen molar-refractivity contribution < 1.29 is 5.11 Å². The van der Waals surface area contributed by atoms with Crippen LogP contribution in [0.5, 0.6) is 0 Å². The summed E-state index contributed by atoms with van der Waals surface area (Å²) in [6.07, 6.45) is 17.0. The summed E-state index contributed by atoms with van der Waals surface area (Å²) in [5, 5.41) is 13.0. The van der Waals surface area contributed by atoms with Gasteiger partial charge in [0.25, 0.3) is 0 Å². The molecule has 2 N–H and O–H groups in total. The van der Waals surface area contributed by atoms with E-state index in [1.807, 2.05) is 0 Å². The molecule has 0 aromatic heterocycles. The first-order valence-corrected chi connectivity index (χ1v) is 9.20. The maximum absolute atomic E-state index is 9.68. The summed E-state index contributed by atoms with van der Waals surface area (Å²) in [6.45, 7) is 6.29. The van der Waals surface area contributed by atoms with Crippen LogP contribution in [0.2, 0.25) is 0 Å². The minimum atomic E-state index is -0.141. The summed E-state index contributed by atoms with van der Waals surface area (Å²) in [5.74, 6) is 0. The van der Waals surface area contributed by atoms with Gasteiger partial charge in [0.05, 0.1) is 6.10 Å². The van der Waals surface area contributed by atoms with Crippen LogP contribution >= 0.6 is 0 Å². The minimum Gasteiger partial charge on any atom is -0.392 e. The molecular formula is C18H39NO.